The van der Waals surface area contributed by atoms with Gasteiger partial charge in [-0.2, -0.15) is 0 Å². The first-order valence-corrected chi connectivity index (χ1v) is 4.13. The lowest BCUT2D eigenvalue weighted by Crippen LogP contribution is -2.40. The Morgan fingerprint density at radius 1 is 1.33 bits per heavy atom. The first-order valence-electron chi connectivity index (χ1n) is 4.13. The summed E-state index contributed by atoms with van der Waals surface area (Å²) in [6.45, 7) is 0. The van der Waals surface area contributed by atoms with Gasteiger partial charge in [0.05, 0.1) is 12.2 Å². The van der Waals surface area contributed by atoms with Crippen LogP contribution in [0.4, 0.5) is 0 Å². The second-order valence-electron chi connectivity index (χ2n) is 3.52. The molecule has 0 aliphatic heterocycles. The van der Waals surface area contributed by atoms with Crippen molar-refractivity contribution in [2.45, 2.75) is 30.8 Å². The third-order valence-corrected chi connectivity index (χ3v) is 2.53. The summed E-state index contributed by atoms with van der Waals surface area (Å²) in [6.07, 6.45) is -0.984. The number of hydrogen-bond acceptors (Lipinski definition) is 4. The molecule has 1 saturated carbocycles. The molecule has 0 heterocycles. The van der Waals surface area contributed by atoms with Gasteiger partial charge in [-0.05, 0) is 20.5 Å². The first-order chi connectivity index (χ1) is 5.57. The molecule has 0 amide bonds. The van der Waals surface area contributed by atoms with Crippen molar-refractivity contribution in [3.05, 3.63) is 0 Å². The van der Waals surface area contributed by atoms with E-state index in [2.05, 4.69) is 0 Å². The Hall–Kier alpha value is -0.160. The van der Waals surface area contributed by atoms with Crippen molar-refractivity contribution in [3.63, 3.8) is 0 Å². The SMILES string of the molecule is CO[C@@H]1[C@@H](O)[C@H](N(C)C)C[C@H]1O. The summed E-state index contributed by atoms with van der Waals surface area (Å²) in [4.78, 5) is 1.91. The van der Waals surface area contributed by atoms with E-state index in [0.717, 1.165) is 0 Å². The van der Waals surface area contributed by atoms with Gasteiger partial charge in [-0.3, -0.25) is 0 Å². The molecular formula is C8H17NO3. The van der Waals surface area contributed by atoms with Crippen LogP contribution < -0.4 is 0 Å². The maximum atomic E-state index is 9.66. The second-order valence-corrected chi connectivity index (χ2v) is 3.52. The Labute approximate surface area is 72.7 Å². The van der Waals surface area contributed by atoms with Crippen LogP contribution in [-0.2, 0) is 4.74 Å². The summed E-state index contributed by atoms with van der Waals surface area (Å²) in [7, 11) is 5.28. The minimum Gasteiger partial charge on any atom is -0.390 e. The van der Waals surface area contributed by atoms with E-state index in [0.29, 0.717) is 6.42 Å². The van der Waals surface area contributed by atoms with Gasteiger partial charge in [-0.15, -0.1) is 0 Å². The van der Waals surface area contributed by atoms with Crippen LogP contribution in [0, 0.1) is 0 Å². The van der Waals surface area contributed by atoms with Gasteiger partial charge < -0.3 is 19.8 Å². The fourth-order valence-electron chi connectivity index (χ4n) is 1.78. The number of aliphatic hydroxyl groups excluding tert-OH is 2. The van der Waals surface area contributed by atoms with E-state index in [4.69, 9.17) is 4.74 Å². The van der Waals surface area contributed by atoms with Gasteiger partial charge in [0, 0.05) is 13.2 Å². The third-order valence-electron chi connectivity index (χ3n) is 2.53. The number of nitrogens with zero attached hydrogens (tertiary/aromatic N) is 1. The lowest BCUT2D eigenvalue weighted by molar-refractivity contribution is -0.0538. The van der Waals surface area contributed by atoms with Crippen molar-refractivity contribution < 1.29 is 14.9 Å². The van der Waals surface area contributed by atoms with Crippen LogP contribution in [0.25, 0.3) is 0 Å². The predicted molar refractivity (Wildman–Crippen MR) is 44.9 cm³/mol. The molecule has 4 heteroatoms. The van der Waals surface area contributed by atoms with E-state index in [9.17, 15) is 10.2 Å². The van der Waals surface area contributed by atoms with Gasteiger partial charge in [-0.25, -0.2) is 0 Å². The van der Waals surface area contributed by atoms with E-state index in [1.54, 1.807) is 0 Å². The molecule has 72 valence electrons. The molecule has 0 aromatic carbocycles. The van der Waals surface area contributed by atoms with Crippen molar-refractivity contribution in [1.29, 1.82) is 0 Å². The second kappa shape index (κ2) is 3.70. The van der Waals surface area contributed by atoms with Crippen LogP contribution in [-0.4, -0.2) is 60.7 Å². The number of ether oxygens (including phenoxy) is 1. The molecule has 0 radical (unpaired) electrons. The Morgan fingerprint density at radius 2 is 1.92 bits per heavy atom. The van der Waals surface area contributed by atoms with Crippen molar-refractivity contribution in [1.82, 2.24) is 4.90 Å². The topological polar surface area (TPSA) is 52.9 Å². The number of methoxy groups -OCH3 is 1. The summed E-state index contributed by atoms with van der Waals surface area (Å²) in [5.74, 6) is 0. The summed E-state index contributed by atoms with van der Waals surface area (Å²) in [5.41, 5.74) is 0. The third kappa shape index (κ3) is 1.61. The standard InChI is InChI=1S/C8H17NO3/c1-9(2)5-4-6(10)8(12-3)7(5)11/h5-8,10-11H,4H2,1-3H3/t5-,6-,7+,8+/m1/s1. The molecule has 0 saturated heterocycles. The molecule has 1 aliphatic carbocycles. The number of likely N-dealkylation sites (N-methyl/N-ethyl adjacent to an activating group) is 1. The highest BCUT2D eigenvalue weighted by Crippen LogP contribution is 2.25. The largest absolute Gasteiger partial charge is 0.390 e. The summed E-state index contributed by atoms with van der Waals surface area (Å²) >= 11 is 0. The zero-order chi connectivity index (χ0) is 9.30. The zero-order valence-corrected chi connectivity index (χ0v) is 7.77. The number of aliphatic hydroxyl groups is 2. The Kier molecular flexibility index (Phi) is 3.06. The number of hydrogen-bond donors (Lipinski definition) is 2. The maximum Gasteiger partial charge on any atom is 0.110 e. The van der Waals surface area contributed by atoms with Gasteiger partial charge in [-0.1, -0.05) is 0 Å². The molecule has 1 rings (SSSR count). The van der Waals surface area contributed by atoms with Crippen LogP contribution >= 0.6 is 0 Å². The fraction of sp³-hybridized carbons (Fsp3) is 1.00. The van der Waals surface area contributed by atoms with Gasteiger partial charge in [0.25, 0.3) is 0 Å². The van der Waals surface area contributed by atoms with Gasteiger partial charge in [0.2, 0.25) is 0 Å². The Balaban J connectivity index is 2.62. The van der Waals surface area contributed by atoms with Crippen molar-refractivity contribution in [2.75, 3.05) is 21.2 Å². The summed E-state index contributed by atoms with van der Waals surface area (Å²) < 4.78 is 4.99. The monoisotopic (exact) mass is 175 g/mol. The molecule has 0 aromatic heterocycles. The highest BCUT2D eigenvalue weighted by Gasteiger charge is 2.42. The van der Waals surface area contributed by atoms with Gasteiger partial charge in [0.15, 0.2) is 0 Å². The van der Waals surface area contributed by atoms with E-state index in [1.165, 1.54) is 7.11 Å². The quantitative estimate of drug-likeness (QED) is 0.568. The summed E-state index contributed by atoms with van der Waals surface area (Å²) in [5, 5.41) is 19.1. The van der Waals surface area contributed by atoms with Gasteiger partial charge in [0.1, 0.15) is 6.10 Å². The van der Waals surface area contributed by atoms with Gasteiger partial charge >= 0.3 is 0 Å². The van der Waals surface area contributed by atoms with E-state index < -0.39 is 18.3 Å². The molecule has 12 heavy (non-hydrogen) atoms. The zero-order valence-electron chi connectivity index (χ0n) is 7.77. The molecule has 2 N–H and O–H groups in total. The fourth-order valence-corrected chi connectivity index (χ4v) is 1.78. The average molecular weight is 175 g/mol. The Morgan fingerprint density at radius 3 is 2.17 bits per heavy atom. The van der Waals surface area contributed by atoms with Crippen LogP contribution in [0.15, 0.2) is 0 Å². The molecular weight excluding hydrogens is 158 g/mol. The van der Waals surface area contributed by atoms with E-state index >= 15 is 0 Å². The average Bonchev–Trinajstić information content (AvgIpc) is 2.27. The minimum atomic E-state index is -0.583. The number of rotatable bonds is 2. The van der Waals surface area contributed by atoms with E-state index in [-0.39, 0.29) is 6.04 Å². The summed E-state index contributed by atoms with van der Waals surface area (Å²) in [6, 6.07) is 0.00458. The molecule has 0 aromatic rings. The van der Waals surface area contributed by atoms with Crippen molar-refractivity contribution >= 4 is 0 Å². The van der Waals surface area contributed by atoms with Crippen LogP contribution in [0.3, 0.4) is 0 Å². The molecule has 0 bridgehead atoms. The molecule has 1 fully saturated rings. The molecule has 4 nitrogen and oxygen atoms in total. The molecule has 1 aliphatic rings. The minimum absolute atomic E-state index is 0.00458. The lowest BCUT2D eigenvalue weighted by Gasteiger charge is -2.23. The molecule has 4 atom stereocenters. The van der Waals surface area contributed by atoms with Crippen molar-refractivity contribution in [2.24, 2.45) is 0 Å². The smallest absolute Gasteiger partial charge is 0.110 e. The Bertz CT molecular complexity index is 151. The predicted octanol–water partition coefficient (Wildman–Crippen LogP) is -0.943. The van der Waals surface area contributed by atoms with Crippen LogP contribution in [0.5, 0.6) is 0 Å². The lowest BCUT2D eigenvalue weighted by atomic mass is 10.2. The normalized spacial score (nSPS) is 42.5. The van der Waals surface area contributed by atoms with E-state index in [1.807, 2.05) is 19.0 Å². The van der Waals surface area contributed by atoms with Crippen molar-refractivity contribution in [3.8, 4) is 0 Å². The van der Waals surface area contributed by atoms with Crippen LogP contribution in [0.1, 0.15) is 6.42 Å². The molecule has 0 spiro atoms. The highest BCUT2D eigenvalue weighted by molar-refractivity contribution is 4.96. The highest BCUT2D eigenvalue weighted by atomic mass is 16.5. The maximum absolute atomic E-state index is 9.66. The van der Waals surface area contributed by atoms with Crippen LogP contribution in [0.2, 0.25) is 0 Å². The molecule has 0 unspecified atom stereocenters. The first kappa shape index (κ1) is 9.92.